The highest BCUT2D eigenvalue weighted by molar-refractivity contribution is 7.91. The number of rotatable bonds is 5. The van der Waals surface area contributed by atoms with Crippen LogP contribution in [0.1, 0.15) is 31.2 Å². The van der Waals surface area contributed by atoms with Gasteiger partial charge in [-0.3, -0.25) is 4.79 Å². The normalized spacial score (nSPS) is 18.8. The lowest BCUT2D eigenvalue weighted by atomic mass is 10.0. The van der Waals surface area contributed by atoms with E-state index in [-0.39, 0.29) is 18.4 Å². The number of nitrogens with one attached hydrogen (secondary N) is 1. The first kappa shape index (κ1) is 18.1. The Morgan fingerprint density at radius 1 is 1.24 bits per heavy atom. The molecule has 0 spiro atoms. The average Bonchev–Trinajstić information content (AvgIpc) is 3.13. The highest BCUT2D eigenvalue weighted by Crippen LogP contribution is 2.29. The van der Waals surface area contributed by atoms with Gasteiger partial charge < -0.3 is 5.32 Å². The molecule has 134 valence electrons. The van der Waals surface area contributed by atoms with E-state index >= 15 is 0 Å². The summed E-state index contributed by atoms with van der Waals surface area (Å²) in [4.78, 5) is 12.5. The fourth-order valence-electron chi connectivity index (χ4n) is 3.15. The number of thiophene rings is 1. The largest absolute Gasteiger partial charge is 0.326 e. The van der Waals surface area contributed by atoms with E-state index in [4.69, 9.17) is 0 Å². The molecule has 1 aliphatic heterocycles. The maximum absolute atomic E-state index is 12.9. The Balaban J connectivity index is 1.73. The van der Waals surface area contributed by atoms with Crippen LogP contribution in [0.15, 0.2) is 46.0 Å². The van der Waals surface area contributed by atoms with Crippen LogP contribution in [-0.4, -0.2) is 31.2 Å². The molecule has 1 aliphatic rings. The summed E-state index contributed by atoms with van der Waals surface area (Å²) in [6, 6.07) is 10.7. The second-order valence-corrected chi connectivity index (χ2v) is 9.33. The number of anilines is 1. The highest BCUT2D eigenvalue weighted by atomic mass is 32.2. The Labute approximate surface area is 152 Å². The summed E-state index contributed by atoms with van der Waals surface area (Å²) in [5, 5.41) is 4.67. The molecule has 1 N–H and O–H groups in total. The van der Waals surface area contributed by atoms with Gasteiger partial charge in [0.15, 0.2) is 0 Å². The number of benzene rings is 1. The van der Waals surface area contributed by atoms with Gasteiger partial charge in [0, 0.05) is 24.7 Å². The number of nitrogens with zero attached hydrogens (tertiary/aromatic N) is 1. The van der Waals surface area contributed by atoms with Gasteiger partial charge in [-0.25, -0.2) is 8.42 Å². The van der Waals surface area contributed by atoms with Crippen molar-refractivity contribution in [1.29, 1.82) is 0 Å². The van der Waals surface area contributed by atoms with Crippen molar-refractivity contribution in [3.8, 4) is 0 Å². The zero-order valence-electron chi connectivity index (χ0n) is 14.1. The van der Waals surface area contributed by atoms with Crippen molar-refractivity contribution in [3.05, 3.63) is 47.3 Å². The van der Waals surface area contributed by atoms with Gasteiger partial charge >= 0.3 is 0 Å². The summed E-state index contributed by atoms with van der Waals surface area (Å²) in [6.07, 6.45) is 2.67. The first-order valence-electron chi connectivity index (χ1n) is 8.39. The summed E-state index contributed by atoms with van der Waals surface area (Å²) < 4.78 is 27.6. The van der Waals surface area contributed by atoms with Gasteiger partial charge in [0.2, 0.25) is 5.91 Å². The minimum absolute atomic E-state index is 0.146. The lowest BCUT2D eigenvalue weighted by Gasteiger charge is -2.34. The summed E-state index contributed by atoms with van der Waals surface area (Å²) in [5.41, 5.74) is 1.76. The number of carbonyl (C=O) groups is 1. The van der Waals surface area contributed by atoms with Crippen LogP contribution in [0.3, 0.4) is 0 Å². The first-order chi connectivity index (χ1) is 12.0. The zero-order valence-corrected chi connectivity index (χ0v) is 15.8. The molecule has 0 bridgehead atoms. The minimum atomic E-state index is -3.52. The molecule has 1 saturated heterocycles. The standard InChI is InChI=1S/C18H22N2O3S2/c1-14-7-2-3-9-16(14)19-17(21)13-15-8-4-5-11-20(15)25(22,23)18-10-6-12-24-18/h2-3,6-7,9-10,12,15H,4-5,8,11,13H2,1H3,(H,19,21)/t15-/m1/s1. The maximum Gasteiger partial charge on any atom is 0.252 e. The summed E-state index contributed by atoms with van der Waals surface area (Å²) >= 11 is 1.22. The highest BCUT2D eigenvalue weighted by Gasteiger charge is 2.35. The van der Waals surface area contributed by atoms with Crippen LogP contribution in [-0.2, 0) is 14.8 Å². The number of hydrogen-bond donors (Lipinski definition) is 1. The van der Waals surface area contributed by atoms with Crippen LogP contribution < -0.4 is 5.32 Å². The molecule has 2 aromatic rings. The van der Waals surface area contributed by atoms with E-state index < -0.39 is 10.0 Å². The van der Waals surface area contributed by atoms with Crippen molar-refractivity contribution < 1.29 is 13.2 Å². The fourth-order valence-corrected chi connectivity index (χ4v) is 5.96. The molecule has 3 rings (SSSR count). The number of aryl methyl sites for hydroxylation is 1. The van der Waals surface area contributed by atoms with Gasteiger partial charge in [0.1, 0.15) is 4.21 Å². The summed E-state index contributed by atoms with van der Waals surface area (Å²) in [6.45, 7) is 2.41. The lowest BCUT2D eigenvalue weighted by molar-refractivity contribution is -0.117. The molecule has 0 unspecified atom stereocenters. The summed E-state index contributed by atoms with van der Waals surface area (Å²) in [5.74, 6) is -0.146. The van der Waals surface area contributed by atoms with E-state index in [1.165, 1.54) is 15.6 Å². The van der Waals surface area contributed by atoms with Gasteiger partial charge in [-0.2, -0.15) is 4.31 Å². The average molecular weight is 379 g/mol. The van der Waals surface area contributed by atoms with Crippen molar-refractivity contribution >= 4 is 33.0 Å². The molecule has 1 atom stereocenters. The Morgan fingerprint density at radius 2 is 2.04 bits per heavy atom. The number of amides is 1. The molecule has 0 radical (unpaired) electrons. The van der Waals surface area contributed by atoms with Crippen molar-refractivity contribution in [3.63, 3.8) is 0 Å². The molecule has 7 heteroatoms. The maximum atomic E-state index is 12.9. The fraction of sp³-hybridized carbons (Fsp3) is 0.389. The molecule has 0 saturated carbocycles. The molecule has 1 fully saturated rings. The second kappa shape index (κ2) is 7.68. The molecule has 1 aromatic carbocycles. The molecule has 1 amide bonds. The number of carbonyl (C=O) groups excluding carboxylic acids is 1. The van der Waals surface area contributed by atoms with Crippen LogP contribution in [0.4, 0.5) is 5.69 Å². The molecular formula is C18H22N2O3S2. The van der Waals surface area contributed by atoms with E-state index in [1.54, 1.807) is 17.5 Å². The molecular weight excluding hydrogens is 356 g/mol. The third kappa shape index (κ3) is 4.11. The molecule has 1 aromatic heterocycles. The minimum Gasteiger partial charge on any atom is -0.326 e. The van der Waals surface area contributed by atoms with E-state index in [0.29, 0.717) is 17.2 Å². The molecule has 2 heterocycles. The van der Waals surface area contributed by atoms with E-state index in [9.17, 15) is 13.2 Å². The van der Waals surface area contributed by atoms with Crippen LogP contribution in [0.2, 0.25) is 0 Å². The van der Waals surface area contributed by atoms with Gasteiger partial charge in [0.05, 0.1) is 0 Å². The van der Waals surface area contributed by atoms with Crippen molar-refractivity contribution in [2.45, 2.75) is 42.9 Å². The molecule has 5 nitrogen and oxygen atoms in total. The van der Waals surface area contributed by atoms with Gasteiger partial charge in [-0.15, -0.1) is 11.3 Å². The van der Waals surface area contributed by atoms with Gasteiger partial charge in [-0.05, 0) is 42.8 Å². The van der Waals surface area contributed by atoms with E-state index in [1.807, 2.05) is 31.2 Å². The Hall–Kier alpha value is -1.70. The monoisotopic (exact) mass is 378 g/mol. The zero-order chi connectivity index (χ0) is 17.9. The van der Waals surface area contributed by atoms with Crippen LogP contribution in [0.25, 0.3) is 0 Å². The van der Waals surface area contributed by atoms with E-state index in [0.717, 1.165) is 24.1 Å². The topological polar surface area (TPSA) is 66.5 Å². The number of hydrogen-bond acceptors (Lipinski definition) is 4. The van der Waals surface area contributed by atoms with Crippen molar-refractivity contribution in [2.24, 2.45) is 0 Å². The Kier molecular flexibility index (Phi) is 5.56. The Morgan fingerprint density at radius 3 is 2.76 bits per heavy atom. The number of para-hydroxylation sites is 1. The molecule has 0 aliphatic carbocycles. The van der Waals surface area contributed by atoms with Crippen molar-refractivity contribution in [2.75, 3.05) is 11.9 Å². The third-order valence-corrected chi connectivity index (χ3v) is 7.80. The van der Waals surface area contributed by atoms with Gasteiger partial charge in [0.25, 0.3) is 10.0 Å². The molecule has 25 heavy (non-hydrogen) atoms. The number of sulfonamides is 1. The van der Waals surface area contributed by atoms with Crippen LogP contribution in [0.5, 0.6) is 0 Å². The third-order valence-electron chi connectivity index (χ3n) is 4.47. The van der Waals surface area contributed by atoms with Crippen LogP contribution >= 0.6 is 11.3 Å². The smallest absolute Gasteiger partial charge is 0.252 e. The SMILES string of the molecule is Cc1ccccc1NC(=O)C[C@H]1CCCCN1S(=O)(=O)c1cccs1. The number of piperidine rings is 1. The predicted molar refractivity (Wildman–Crippen MR) is 100 cm³/mol. The summed E-state index contributed by atoms with van der Waals surface area (Å²) in [7, 11) is -3.52. The van der Waals surface area contributed by atoms with E-state index in [2.05, 4.69) is 5.32 Å². The van der Waals surface area contributed by atoms with Crippen LogP contribution in [0, 0.1) is 6.92 Å². The second-order valence-electron chi connectivity index (χ2n) is 6.26. The predicted octanol–water partition coefficient (Wildman–Crippen LogP) is 3.63. The Bertz CT molecular complexity index is 832. The van der Waals surface area contributed by atoms with Gasteiger partial charge in [-0.1, -0.05) is 30.7 Å². The quantitative estimate of drug-likeness (QED) is 0.864. The first-order valence-corrected chi connectivity index (χ1v) is 10.7. The van der Waals surface area contributed by atoms with Crippen molar-refractivity contribution in [1.82, 2.24) is 4.31 Å². The lowest BCUT2D eigenvalue weighted by Crippen LogP contribution is -2.45.